The van der Waals surface area contributed by atoms with Crippen LogP contribution in [0.2, 0.25) is 0 Å². The summed E-state index contributed by atoms with van der Waals surface area (Å²) in [5.41, 5.74) is -0.334. The number of fused-ring (bicyclic) bond motifs is 1. The highest BCUT2D eigenvalue weighted by Crippen LogP contribution is 2.29. The lowest BCUT2D eigenvalue weighted by Gasteiger charge is -2.07. The molecule has 1 heterocycles. The zero-order valence-electron chi connectivity index (χ0n) is 8.67. The van der Waals surface area contributed by atoms with Gasteiger partial charge in [-0.05, 0) is 16.1 Å². The van der Waals surface area contributed by atoms with Crippen LogP contribution in [0.4, 0.5) is 0 Å². The second kappa shape index (κ2) is 3.69. The van der Waals surface area contributed by atoms with Crippen molar-refractivity contribution >= 4 is 10.9 Å². The molecular weight excluding hydrogens is 214 g/mol. The predicted molar refractivity (Wildman–Crippen MR) is 54.1 cm³/mol. The molecule has 7 heteroatoms. The zero-order chi connectivity index (χ0) is 11.7. The first-order valence-corrected chi connectivity index (χ1v) is 4.38. The van der Waals surface area contributed by atoms with Crippen LogP contribution in [-0.2, 0) is 0 Å². The molecule has 1 N–H and O–H groups in total. The molecule has 0 spiro atoms. The molecule has 0 atom stereocenters. The Morgan fingerprint density at radius 3 is 2.50 bits per heavy atom. The second-order valence-electron chi connectivity index (χ2n) is 3.01. The summed E-state index contributed by atoms with van der Waals surface area (Å²) in [6, 6.07) is 2.96. The van der Waals surface area contributed by atoms with Crippen molar-refractivity contribution in [2.24, 2.45) is 0 Å². The van der Waals surface area contributed by atoms with E-state index in [1.54, 1.807) is 0 Å². The maximum Gasteiger partial charge on any atom is 0.314 e. The second-order valence-corrected chi connectivity index (χ2v) is 3.01. The number of hydrogen-bond acceptors (Lipinski definition) is 6. The van der Waals surface area contributed by atoms with E-state index in [0.29, 0.717) is 17.0 Å². The summed E-state index contributed by atoms with van der Waals surface area (Å²) in [4.78, 5) is 11.7. The van der Waals surface area contributed by atoms with Crippen molar-refractivity contribution in [1.29, 1.82) is 0 Å². The van der Waals surface area contributed by atoms with Crippen LogP contribution in [-0.4, -0.2) is 34.6 Å². The first kappa shape index (κ1) is 10.2. The molecule has 1 aromatic heterocycles. The fourth-order valence-electron chi connectivity index (χ4n) is 1.36. The van der Waals surface area contributed by atoms with E-state index in [2.05, 4.69) is 10.3 Å². The lowest BCUT2D eigenvalue weighted by atomic mass is 10.2. The van der Waals surface area contributed by atoms with Crippen LogP contribution in [0.5, 0.6) is 11.5 Å². The van der Waals surface area contributed by atoms with Gasteiger partial charge in [0.15, 0.2) is 11.5 Å². The van der Waals surface area contributed by atoms with E-state index in [-0.39, 0.29) is 10.2 Å². The van der Waals surface area contributed by atoms with Gasteiger partial charge in [-0.2, -0.15) is 0 Å². The van der Waals surface area contributed by atoms with Crippen molar-refractivity contribution < 1.29 is 14.7 Å². The van der Waals surface area contributed by atoms with Crippen molar-refractivity contribution in [2.45, 2.75) is 0 Å². The minimum Gasteiger partial charge on any atom is -0.493 e. The summed E-state index contributed by atoms with van der Waals surface area (Å²) < 4.78 is 10.1. The normalized spacial score (nSPS) is 10.4. The van der Waals surface area contributed by atoms with Gasteiger partial charge in [0.2, 0.25) is 0 Å². The van der Waals surface area contributed by atoms with Crippen molar-refractivity contribution in [3.8, 4) is 11.5 Å². The average molecular weight is 223 g/mol. The summed E-state index contributed by atoms with van der Waals surface area (Å²) in [5.74, 6) is 0.833. The fraction of sp³-hybridized carbons (Fsp3) is 0.222. The standard InChI is InChI=1S/C9H9N3O4/c1-15-7-3-5-6(4-8(7)16-2)10-11-12(14)9(5)13/h3-4,14H,1-2H3. The molecule has 0 unspecified atom stereocenters. The molecule has 1 aromatic carbocycles. The Kier molecular flexibility index (Phi) is 2.35. The van der Waals surface area contributed by atoms with Crippen LogP contribution in [0.1, 0.15) is 0 Å². The predicted octanol–water partition coefficient (Wildman–Crippen LogP) is 0.0460. The van der Waals surface area contributed by atoms with E-state index in [1.165, 1.54) is 26.4 Å². The first-order valence-electron chi connectivity index (χ1n) is 4.38. The Morgan fingerprint density at radius 1 is 1.25 bits per heavy atom. The van der Waals surface area contributed by atoms with E-state index in [4.69, 9.17) is 14.7 Å². The SMILES string of the molecule is COc1cc2nnn(O)c(=O)c2cc1OC. The molecule has 0 radical (unpaired) electrons. The molecule has 2 rings (SSSR count). The van der Waals surface area contributed by atoms with Crippen LogP contribution < -0.4 is 15.0 Å². The van der Waals surface area contributed by atoms with Gasteiger partial charge >= 0.3 is 5.56 Å². The molecule has 84 valence electrons. The first-order chi connectivity index (χ1) is 7.67. The Labute approximate surface area is 89.8 Å². The molecular formula is C9H9N3O4. The summed E-state index contributed by atoms with van der Waals surface area (Å²) in [7, 11) is 2.93. The minimum absolute atomic E-state index is 0.175. The van der Waals surface area contributed by atoms with Crippen LogP contribution in [0.25, 0.3) is 10.9 Å². The summed E-state index contributed by atoms with van der Waals surface area (Å²) in [6.07, 6.45) is 0. The van der Waals surface area contributed by atoms with E-state index in [9.17, 15) is 4.79 Å². The molecule has 7 nitrogen and oxygen atoms in total. The van der Waals surface area contributed by atoms with Crippen LogP contribution in [0, 0.1) is 0 Å². The van der Waals surface area contributed by atoms with E-state index >= 15 is 0 Å². The molecule has 0 aliphatic heterocycles. The monoisotopic (exact) mass is 223 g/mol. The summed E-state index contributed by atoms with van der Waals surface area (Å²) >= 11 is 0. The molecule has 0 aliphatic rings. The largest absolute Gasteiger partial charge is 0.493 e. The number of hydrogen-bond donors (Lipinski definition) is 1. The average Bonchev–Trinajstić information content (AvgIpc) is 2.32. The fourth-order valence-corrected chi connectivity index (χ4v) is 1.36. The molecule has 16 heavy (non-hydrogen) atoms. The molecule has 0 aliphatic carbocycles. The Balaban J connectivity index is 2.84. The summed E-state index contributed by atoms with van der Waals surface area (Å²) in [5, 5.41) is 16.2. The number of nitrogens with zero attached hydrogens (tertiary/aromatic N) is 3. The third kappa shape index (κ3) is 1.42. The lowest BCUT2D eigenvalue weighted by molar-refractivity contribution is 0.127. The van der Waals surface area contributed by atoms with Crippen molar-refractivity contribution in [3.05, 3.63) is 22.5 Å². The van der Waals surface area contributed by atoms with Crippen LogP contribution in [0.15, 0.2) is 16.9 Å². The number of aromatic nitrogens is 3. The highest BCUT2D eigenvalue weighted by molar-refractivity contribution is 5.81. The smallest absolute Gasteiger partial charge is 0.314 e. The molecule has 0 fully saturated rings. The minimum atomic E-state index is -0.661. The number of methoxy groups -OCH3 is 2. The number of rotatable bonds is 2. The molecule has 0 bridgehead atoms. The maximum absolute atomic E-state index is 11.5. The molecule has 0 amide bonds. The van der Waals surface area contributed by atoms with Crippen LogP contribution >= 0.6 is 0 Å². The quantitative estimate of drug-likeness (QED) is 0.723. The Bertz CT molecular complexity index is 593. The maximum atomic E-state index is 11.5. The van der Waals surface area contributed by atoms with Gasteiger partial charge in [0.1, 0.15) is 5.52 Å². The zero-order valence-corrected chi connectivity index (χ0v) is 8.67. The number of ether oxygens (including phenoxy) is 2. The van der Waals surface area contributed by atoms with Gasteiger partial charge in [-0.1, -0.05) is 0 Å². The molecule has 2 aromatic rings. The van der Waals surface area contributed by atoms with Crippen molar-refractivity contribution in [2.75, 3.05) is 14.2 Å². The Morgan fingerprint density at radius 2 is 1.88 bits per heavy atom. The van der Waals surface area contributed by atoms with Gasteiger partial charge in [-0.25, -0.2) is 0 Å². The lowest BCUT2D eigenvalue weighted by Crippen LogP contribution is -2.21. The van der Waals surface area contributed by atoms with Crippen LogP contribution in [0.3, 0.4) is 0 Å². The summed E-state index contributed by atoms with van der Waals surface area (Å²) in [6.45, 7) is 0. The van der Waals surface area contributed by atoms with Gasteiger partial charge in [-0.15, -0.1) is 5.10 Å². The topological polar surface area (TPSA) is 86.5 Å². The number of benzene rings is 1. The highest BCUT2D eigenvalue weighted by atomic mass is 16.5. The highest BCUT2D eigenvalue weighted by Gasteiger charge is 2.11. The van der Waals surface area contributed by atoms with Crippen molar-refractivity contribution in [1.82, 2.24) is 15.2 Å². The van der Waals surface area contributed by atoms with Gasteiger partial charge < -0.3 is 14.7 Å². The van der Waals surface area contributed by atoms with E-state index in [1.807, 2.05) is 0 Å². The molecule has 0 saturated carbocycles. The van der Waals surface area contributed by atoms with Crippen molar-refractivity contribution in [3.63, 3.8) is 0 Å². The third-order valence-corrected chi connectivity index (χ3v) is 2.15. The van der Waals surface area contributed by atoms with Gasteiger partial charge in [0, 0.05) is 6.07 Å². The van der Waals surface area contributed by atoms with E-state index in [0.717, 1.165) is 0 Å². The Hall–Kier alpha value is -2.31. The molecule has 0 saturated heterocycles. The van der Waals surface area contributed by atoms with E-state index < -0.39 is 5.56 Å². The van der Waals surface area contributed by atoms with Gasteiger partial charge in [0.25, 0.3) is 0 Å². The third-order valence-electron chi connectivity index (χ3n) is 2.15. The van der Waals surface area contributed by atoms with Gasteiger partial charge in [-0.3, -0.25) is 4.79 Å². The van der Waals surface area contributed by atoms with Gasteiger partial charge in [0.05, 0.1) is 19.6 Å².